The number of rotatable bonds is 7. The Bertz CT molecular complexity index is 741. The van der Waals surface area contributed by atoms with Gasteiger partial charge in [0.1, 0.15) is 12.2 Å². The Kier molecular flexibility index (Phi) is 7.06. The Morgan fingerprint density at radius 3 is 2.81 bits per heavy atom. The fraction of sp³-hybridized carbons (Fsp3) is 0.375. The van der Waals surface area contributed by atoms with Gasteiger partial charge < -0.3 is 32.1 Å². The maximum Gasteiger partial charge on any atom is 0.322 e. The van der Waals surface area contributed by atoms with Crippen LogP contribution in [-0.4, -0.2) is 67.2 Å². The first-order chi connectivity index (χ1) is 12.8. The molecule has 2 rings (SSSR count). The number of alkyl halides is 1. The number of carbonyl (C=O) groups excluding carboxylic acids is 2. The number of hydrogen-bond acceptors (Lipinski definition) is 7. The standard InChI is InChI=1S/C16H21FN6O4/c17-10-5-21-16(22-6-10)23-11-3-1-2-9(4-11)14(25)20-8-13(24)19-7-12(18)15(26)27/h1-4,10,12H,5-8,18H2,(H,19,24)(H,20,25)(H,26,27)(H2,21,22,23)/t12-/m0/s1. The van der Waals surface area contributed by atoms with Crippen molar-refractivity contribution in [3.05, 3.63) is 29.8 Å². The molecule has 1 unspecified atom stereocenters. The monoisotopic (exact) mass is 380 g/mol. The Morgan fingerprint density at radius 2 is 2.15 bits per heavy atom. The highest BCUT2D eigenvalue weighted by Gasteiger charge is 2.15. The average Bonchev–Trinajstić information content (AvgIpc) is 2.66. The number of guanidine groups is 1. The van der Waals surface area contributed by atoms with Crippen molar-refractivity contribution in [3.8, 4) is 0 Å². The van der Waals surface area contributed by atoms with Crippen LogP contribution in [0.5, 0.6) is 0 Å². The molecule has 11 heteroatoms. The van der Waals surface area contributed by atoms with E-state index >= 15 is 0 Å². The van der Waals surface area contributed by atoms with Crippen LogP contribution in [0, 0.1) is 0 Å². The predicted molar refractivity (Wildman–Crippen MR) is 96.2 cm³/mol. The van der Waals surface area contributed by atoms with Crippen molar-refractivity contribution in [2.24, 2.45) is 10.7 Å². The number of aliphatic carboxylic acids is 1. The summed E-state index contributed by atoms with van der Waals surface area (Å²) in [5.41, 5.74) is 6.14. The minimum atomic E-state index is -1.23. The zero-order chi connectivity index (χ0) is 19.8. The van der Waals surface area contributed by atoms with Crippen LogP contribution in [0.1, 0.15) is 10.4 Å². The van der Waals surface area contributed by atoms with Gasteiger partial charge in [0.05, 0.1) is 19.6 Å². The smallest absolute Gasteiger partial charge is 0.322 e. The average molecular weight is 380 g/mol. The molecule has 7 N–H and O–H groups in total. The lowest BCUT2D eigenvalue weighted by molar-refractivity contribution is -0.138. The third-order valence-electron chi connectivity index (χ3n) is 3.57. The molecule has 1 aromatic carbocycles. The van der Waals surface area contributed by atoms with E-state index in [2.05, 4.69) is 26.3 Å². The zero-order valence-electron chi connectivity index (χ0n) is 14.4. The second kappa shape index (κ2) is 9.48. The van der Waals surface area contributed by atoms with Gasteiger partial charge in [-0.1, -0.05) is 6.07 Å². The molecule has 0 fully saturated rings. The highest BCUT2D eigenvalue weighted by molar-refractivity contribution is 5.99. The van der Waals surface area contributed by atoms with Crippen LogP contribution >= 0.6 is 0 Å². The number of nitrogens with one attached hydrogen (secondary N) is 4. The van der Waals surface area contributed by atoms with Crippen molar-refractivity contribution in [1.29, 1.82) is 0 Å². The summed E-state index contributed by atoms with van der Waals surface area (Å²) in [6.07, 6.45) is -1.02. The summed E-state index contributed by atoms with van der Waals surface area (Å²) in [4.78, 5) is 38.3. The normalized spacial score (nSPS) is 17.1. The third-order valence-corrected chi connectivity index (χ3v) is 3.57. The van der Waals surface area contributed by atoms with E-state index in [9.17, 15) is 18.8 Å². The minimum Gasteiger partial charge on any atom is -0.480 e. The molecule has 27 heavy (non-hydrogen) atoms. The lowest BCUT2D eigenvalue weighted by atomic mass is 10.2. The Morgan fingerprint density at radius 1 is 1.37 bits per heavy atom. The molecule has 10 nitrogen and oxygen atoms in total. The number of halogens is 1. The Balaban J connectivity index is 1.84. The van der Waals surface area contributed by atoms with E-state index < -0.39 is 30.0 Å². The van der Waals surface area contributed by atoms with E-state index in [1.807, 2.05) is 0 Å². The third kappa shape index (κ3) is 6.55. The summed E-state index contributed by atoms with van der Waals surface area (Å²) in [5.74, 6) is -1.87. The summed E-state index contributed by atoms with van der Waals surface area (Å²) >= 11 is 0. The van der Waals surface area contributed by atoms with E-state index in [1.165, 1.54) is 0 Å². The molecular formula is C16H21FN6O4. The van der Waals surface area contributed by atoms with Crippen LogP contribution in [0.15, 0.2) is 29.3 Å². The molecule has 0 radical (unpaired) electrons. The van der Waals surface area contributed by atoms with Gasteiger partial charge in [-0.15, -0.1) is 0 Å². The number of nitrogens with two attached hydrogens (primary N) is 1. The van der Waals surface area contributed by atoms with Gasteiger partial charge >= 0.3 is 5.97 Å². The summed E-state index contributed by atoms with van der Waals surface area (Å²) in [6.45, 7) is -0.337. The molecule has 1 aliphatic rings. The molecule has 0 bridgehead atoms. The number of amides is 2. The molecule has 1 aromatic rings. The first-order valence-electron chi connectivity index (χ1n) is 8.18. The van der Waals surface area contributed by atoms with Gasteiger partial charge in [0.25, 0.3) is 5.91 Å². The fourth-order valence-corrected chi connectivity index (χ4v) is 2.11. The minimum absolute atomic E-state index is 0.0656. The molecule has 0 saturated heterocycles. The van der Waals surface area contributed by atoms with Crippen LogP contribution in [0.25, 0.3) is 0 Å². The van der Waals surface area contributed by atoms with Gasteiger partial charge in [0.15, 0.2) is 5.96 Å². The van der Waals surface area contributed by atoms with Crippen LogP contribution in [0.4, 0.5) is 10.1 Å². The van der Waals surface area contributed by atoms with Crippen LogP contribution in [0.3, 0.4) is 0 Å². The predicted octanol–water partition coefficient (Wildman–Crippen LogP) is -1.35. The van der Waals surface area contributed by atoms with Crippen molar-refractivity contribution >= 4 is 29.4 Å². The number of carboxylic acids is 1. The lowest BCUT2D eigenvalue weighted by Crippen LogP contribution is -2.45. The number of carboxylic acid groups (broad SMARTS) is 1. The fourth-order valence-electron chi connectivity index (χ4n) is 2.11. The quantitative estimate of drug-likeness (QED) is 0.341. The highest BCUT2D eigenvalue weighted by atomic mass is 19.1. The molecular weight excluding hydrogens is 359 g/mol. The van der Waals surface area contributed by atoms with Gasteiger partial charge in [-0.05, 0) is 18.2 Å². The van der Waals surface area contributed by atoms with E-state index in [1.54, 1.807) is 24.3 Å². The summed E-state index contributed by atoms with van der Waals surface area (Å²) in [6, 6.07) is 5.26. The van der Waals surface area contributed by atoms with Gasteiger partial charge in [0, 0.05) is 17.8 Å². The Labute approximate surface area is 154 Å². The van der Waals surface area contributed by atoms with E-state index in [0.717, 1.165) is 0 Å². The van der Waals surface area contributed by atoms with E-state index in [4.69, 9.17) is 10.8 Å². The zero-order valence-corrected chi connectivity index (χ0v) is 14.4. The second-order valence-corrected chi connectivity index (χ2v) is 5.80. The lowest BCUT2D eigenvalue weighted by Gasteiger charge is -2.18. The number of hydrogen-bond donors (Lipinski definition) is 6. The second-order valence-electron chi connectivity index (χ2n) is 5.80. The van der Waals surface area contributed by atoms with Gasteiger partial charge in [-0.2, -0.15) is 0 Å². The van der Waals surface area contributed by atoms with Crippen molar-refractivity contribution in [1.82, 2.24) is 16.0 Å². The van der Waals surface area contributed by atoms with Crippen molar-refractivity contribution in [2.75, 3.05) is 31.5 Å². The largest absolute Gasteiger partial charge is 0.480 e. The molecule has 146 valence electrons. The molecule has 0 aliphatic carbocycles. The maximum atomic E-state index is 13.0. The van der Waals surface area contributed by atoms with E-state index in [0.29, 0.717) is 17.2 Å². The Hall–Kier alpha value is -3.21. The molecule has 1 aliphatic heterocycles. The molecule has 1 heterocycles. The van der Waals surface area contributed by atoms with Crippen molar-refractivity contribution < 1.29 is 23.9 Å². The van der Waals surface area contributed by atoms with E-state index in [-0.39, 0.29) is 26.2 Å². The number of carbonyl (C=O) groups is 3. The molecule has 2 atom stereocenters. The van der Waals surface area contributed by atoms with Crippen molar-refractivity contribution in [3.63, 3.8) is 0 Å². The highest BCUT2D eigenvalue weighted by Crippen LogP contribution is 2.11. The molecule has 0 saturated carbocycles. The topological polar surface area (TPSA) is 158 Å². The first-order valence-corrected chi connectivity index (χ1v) is 8.18. The number of nitrogens with zero attached hydrogens (tertiary/aromatic N) is 1. The molecule has 2 amide bonds. The van der Waals surface area contributed by atoms with Gasteiger partial charge in [-0.3, -0.25) is 14.4 Å². The van der Waals surface area contributed by atoms with Crippen LogP contribution < -0.4 is 27.0 Å². The summed E-state index contributed by atoms with van der Waals surface area (Å²) < 4.78 is 13.0. The van der Waals surface area contributed by atoms with Gasteiger partial charge in [-0.25, -0.2) is 9.38 Å². The maximum absolute atomic E-state index is 13.0. The number of benzene rings is 1. The number of aliphatic imine (C=N–C) groups is 1. The summed E-state index contributed by atoms with van der Waals surface area (Å²) in [5, 5.41) is 19.1. The molecule has 0 aromatic heterocycles. The SMILES string of the molecule is N[C@@H](CNC(=O)CNC(=O)c1cccc(NC2=NCC(F)CN2)c1)C(=O)O. The first kappa shape index (κ1) is 20.1. The van der Waals surface area contributed by atoms with Crippen LogP contribution in [-0.2, 0) is 9.59 Å². The van der Waals surface area contributed by atoms with Crippen molar-refractivity contribution in [2.45, 2.75) is 12.2 Å². The van der Waals surface area contributed by atoms with Crippen LogP contribution in [0.2, 0.25) is 0 Å². The summed E-state index contributed by atoms with van der Waals surface area (Å²) in [7, 11) is 0. The molecule has 0 spiro atoms. The van der Waals surface area contributed by atoms with Gasteiger partial charge in [0.2, 0.25) is 5.91 Å². The number of anilines is 1.